The van der Waals surface area contributed by atoms with Gasteiger partial charge in [-0.05, 0) is 31.5 Å². The summed E-state index contributed by atoms with van der Waals surface area (Å²) in [5.74, 6) is 0. The number of rotatable bonds is 5. The molecule has 0 aliphatic heterocycles. The number of nitrogen functional groups attached to an aromatic ring is 1. The Morgan fingerprint density at radius 3 is 2.56 bits per heavy atom. The molecule has 0 fully saturated rings. The Bertz CT molecular complexity index is 354. The van der Waals surface area contributed by atoms with Crippen molar-refractivity contribution >= 4 is 23.9 Å². The number of hydrogen-bond acceptors (Lipinski definition) is 5. The number of nitrogens with one attached hydrogen (secondary N) is 1. The van der Waals surface area contributed by atoms with Crippen molar-refractivity contribution in [3.8, 4) is 0 Å². The number of nitrogens with two attached hydrogens (primary N) is 1. The van der Waals surface area contributed by atoms with Gasteiger partial charge in [0.05, 0.1) is 17.5 Å². The molecular formula is C13H23N3O2. The van der Waals surface area contributed by atoms with Crippen molar-refractivity contribution in [2.45, 2.75) is 19.4 Å². The number of carbonyl (C=O) groups excluding carboxylic acids is 1. The van der Waals surface area contributed by atoms with E-state index < -0.39 is 0 Å². The SMILES string of the molecule is C=O.CC(O)CCNc1cc(N)ccc1N(C)C. The number of aliphatic hydroxyl groups is 1. The summed E-state index contributed by atoms with van der Waals surface area (Å²) >= 11 is 0. The molecule has 102 valence electrons. The molecule has 0 spiro atoms. The molecule has 1 aromatic carbocycles. The summed E-state index contributed by atoms with van der Waals surface area (Å²) in [5, 5.41) is 12.5. The lowest BCUT2D eigenvalue weighted by molar-refractivity contribution is -0.0979. The highest BCUT2D eigenvalue weighted by Gasteiger charge is 2.05. The molecule has 1 unspecified atom stereocenters. The van der Waals surface area contributed by atoms with Crippen molar-refractivity contribution in [3.05, 3.63) is 18.2 Å². The van der Waals surface area contributed by atoms with Gasteiger partial charge < -0.3 is 25.9 Å². The first-order valence-electron chi connectivity index (χ1n) is 5.78. The summed E-state index contributed by atoms with van der Waals surface area (Å²) in [4.78, 5) is 10.0. The van der Waals surface area contributed by atoms with Gasteiger partial charge in [-0.25, -0.2) is 0 Å². The van der Waals surface area contributed by atoms with Crippen LogP contribution in [-0.2, 0) is 4.79 Å². The fourth-order valence-corrected chi connectivity index (χ4v) is 1.50. The number of aliphatic hydroxyl groups excluding tert-OH is 1. The minimum Gasteiger partial charge on any atom is -0.399 e. The quantitative estimate of drug-likeness (QED) is 0.690. The Kier molecular flexibility index (Phi) is 7.54. The van der Waals surface area contributed by atoms with Crippen LogP contribution in [0.2, 0.25) is 0 Å². The van der Waals surface area contributed by atoms with Gasteiger partial charge in [0, 0.05) is 26.3 Å². The zero-order valence-electron chi connectivity index (χ0n) is 11.3. The third-order valence-electron chi connectivity index (χ3n) is 2.38. The maximum atomic E-state index is 9.19. The van der Waals surface area contributed by atoms with Crippen molar-refractivity contribution in [2.75, 3.05) is 36.6 Å². The molecule has 0 heterocycles. The van der Waals surface area contributed by atoms with Gasteiger partial charge in [-0.2, -0.15) is 0 Å². The Hall–Kier alpha value is -1.75. The van der Waals surface area contributed by atoms with Gasteiger partial charge >= 0.3 is 0 Å². The van der Waals surface area contributed by atoms with Crippen LogP contribution in [0.25, 0.3) is 0 Å². The van der Waals surface area contributed by atoms with E-state index in [-0.39, 0.29) is 6.10 Å². The number of hydrogen-bond donors (Lipinski definition) is 3. The van der Waals surface area contributed by atoms with E-state index in [4.69, 9.17) is 10.5 Å². The molecule has 0 aliphatic carbocycles. The molecule has 0 amide bonds. The largest absolute Gasteiger partial charge is 0.399 e. The predicted octanol–water partition coefficient (Wildman–Crippen LogP) is 1.33. The summed E-state index contributed by atoms with van der Waals surface area (Å²) in [6.07, 6.45) is 0.443. The fourth-order valence-electron chi connectivity index (χ4n) is 1.50. The molecular weight excluding hydrogens is 230 g/mol. The zero-order valence-corrected chi connectivity index (χ0v) is 11.3. The summed E-state index contributed by atoms with van der Waals surface area (Å²) in [6, 6.07) is 5.78. The lowest BCUT2D eigenvalue weighted by atomic mass is 10.2. The van der Waals surface area contributed by atoms with Crippen molar-refractivity contribution in [3.63, 3.8) is 0 Å². The fraction of sp³-hybridized carbons (Fsp3) is 0.462. The smallest absolute Gasteiger partial charge is 0.106 e. The molecule has 5 nitrogen and oxygen atoms in total. The van der Waals surface area contributed by atoms with E-state index in [0.717, 1.165) is 30.0 Å². The summed E-state index contributed by atoms with van der Waals surface area (Å²) in [7, 11) is 3.98. The second-order valence-electron chi connectivity index (χ2n) is 4.24. The molecule has 0 bridgehead atoms. The van der Waals surface area contributed by atoms with Crippen LogP contribution in [-0.4, -0.2) is 38.6 Å². The molecule has 18 heavy (non-hydrogen) atoms. The van der Waals surface area contributed by atoms with Gasteiger partial charge in [0.15, 0.2) is 0 Å². The van der Waals surface area contributed by atoms with Gasteiger partial charge in [0.25, 0.3) is 0 Å². The monoisotopic (exact) mass is 253 g/mol. The Morgan fingerprint density at radius 2 is 2.06 bits per heavy atom. The van der Waals surface area contributed by atoms with E-state index in [1.807, 2.05) is 44.0 Å². The molecule has 0 aliphatic rings. The highest BCUT2D eigenvalue weighted by Crippen LogP contribution is 2.26. The number of benzene rings is 1. The zero-order chi connectivity index (χ0) is 14.1. The summed E-state index contributed by atoms with van der Waals surface area (Å²) < 4.78 is 0. The standard InChI is InChI=1S/C12H21N3O.CH2O/c1-9(16)6-7-14-11-8-10(13)4-5-12(11)15(2)3;1-2/h4-5,8-9,14,16H,6-7,13H2,1-3H3;1H2. The van der Waals surface area contributed by atoms with Gasteiger partial charge in [-0.3, -0.25) is 0 Å². The molecule has 1 aromatic rings. The van der Waals surface area contributed by atoms with Crippen LogP contribution in [0.1, 0.15) is 13.3 Å². The average molecular weight is 253 g/mol. The van der Waals surface area contributed by atoms with Gasteiger partial charge in [-0.15, -0.1) is 0 Å². The minimum absolute atomic E-state index is 0.281. The van der Waals surface area contributed by atoms with E-state index in [9.17, 15) is 5.11 Å². The first-order chi connectivity index (χ1) is 8.50. The van der Waals surface area contributed by atoms with Crippen molar-refractivity contribution < 1.29 is 9.90 Å². The molecule has 4 N–H and O–H groups in total. The van der Waals surface area contributed by atoms with E-state index in [0.29, 0.717) is 0 Å². The van der Waals surface area contributed by atoms with Gasteiger partial charge in [-0.1, -0.05) is 0 Å². The van der Waals surface area contributed by atoms with Gasteiger partial charge in [0.1, 0.15) is 6.79 Å². The number of anilines is 3. The first-order valence-corrected chi connectivity index (χ1v) is 5.78. The van der Waals surface area contributed by atoms with E-state index in [1.54, 1.807) is 6.92 Å². The van der Waals surface area contributed by atoms with Crippen LogP contribution >= 0.6 is 0 Å². The van der Waals surface area contributed by atoms with Crippen LogP contribution in [0.5, 0.6) is 0 Å². The Balaban J connectivity index is 0.00000137. The molecule has 0 saturated carbocycles. The van der Waals surface area contributed by atoms with Crippen molar-refractivity contribution in [1.29, 1.82) is 0 Å². The third kappa shape index (κ3) is 5.54. The average Bonchev–Trinajstić information content (AvgIpc) is 2.31. The van der Waals surface area contributed by atoms with Crippen LogP contribution in [0.15, 0.2) is 18.2 Å². The summed E-state index contributed by atoms with van der Waals surface area (Å²) in [5.41, 5.74) is 8.59. The van der Waals surface area contributed by atoms with Crippen LogP contribution in [0.3, 0.4) is 0 Å². The normalized spacial score (nSPS) is 11.1. The van der Waals surface area contributed by atoms with E-state index in [2.05, 4.69) is 5.32 Å². The van der Waals surface area contributed by atoms with E-state index in [1.165, 1.54) is 0 Å². The third-order valence-corrected chi connectivity index (χ3v) is 2.38. The lowest BCUT2D eigenvalue weighted by Crippen LogP contribution is -2.15. The number of nitrogens with zero attached hydrogens (tertiary/aromatic N) is 1. The highest BCUT2D eigenvalue weighted by atomic mass is 16.3. The minimum atomic E-state index is -0.281. The molecule has 5 heteroatoms. The highest BCUT2D eigenvalue weighted by molar-refractivity contribution is 5.73. The summed E-state index contributed by atoms with van der Waals surface area (Å²) in [6.45, 7) is 4.52. The van der Waals surface area contributed by atoms with Crippen LogP contribution < -0.4 is 16.0 Å². The molecule has 0 radical (unpaired) electrons. The maximum Gasteiger partial charge on any atom is 0.106 e. The molecule has 1 rings (SSSR count). The Morgan fingerprint density at radius 1 is 1.44 bits per heavy atom. The molecule has 0 saturated heterocycles. The van der Waals surface area contributed by atoms with E-state index >= 15 is 0 Å². The first kappa shape index (κ1) is 16.2. The second kappa shape index (κ2) is 8.36. The van der Waals surface area contributed by atoms with Crippen molar-refractivity contribution in [2.24, 2.45) is 0 Å². The van der Waals surface area contributed by atoms with Gasteiger partial charge in [0.2, 0.25) is 0 Å². The lowest BCUT2D eigenvalue weighted by Gasteiger charge is -2.19. The maximum absolute atomic E-state index is 9.19. The number of carbonyl (C=O) groups is 1. The van der Waals surface area contributed by atoms with Crippen LogP contribution in [0.4, 0.5) is 17.1 Å². The second-order valence-corrected chi connectivity index (χ2v) is 4.24. The molecule has 1 atom stereocenters. The van der Waals surface area contributed by atoms with Crippen molar-refractivity contribution in [1.82, 2.24) is 0 Å². The molecule has 0 aromatic heterocycles. The predicted molar refractivity (Wildman–Crippen MR) is 77.1 cm³/mol. The Labute approximate surface area is 109 Å². The van der Waals surface area contributed by atoms with Crippen LogP contribution in [0, 0.1) is 0 Å². The topological polar surface area (TPSA) is 78.6 Å².